The van der Waals surface area contributed by atoms with E-state index in [0.29, 0.717) is 12.8 Å². The van der Waals surface area contributed by atoms with Crippen LogP contribution in [0, 0.1) is 5.41 Å². The quantitative estimate of drug-likeness (QED) is 0.201. The van der Waals surface area contributed by atoms with E-state index >= 15 is 0 Å². The van der Waals surface area contributed by atoms with Gasteiger partial charge in [0.25, 0.3) is 0 Å². The van der Waals surface area contributed by atoms with Gasteiger partial charge in [-0.05, 0) is 12.8 Å². The second-order valence-electron chi connectivity index (χ2n) is 4.81. The van der Waals surface area contributed by atoms with Gasteiger partial charge in [0.1, 0.15) is 5.41 Å². The Balaban J connectivity index is 5.21. The molecule has 5 nitrogen and oxygen atoms in total. The molecule has 0 unspecified atom stereocenters. The molecule has 4 N–H and O–H groups in total. The first-order valence-electron chi connectivity index (χ1n) is 6.60. The summed E-state index contributed by atoms with van der Waals surface area (Å²) in [6.07, 6.45) is -2.64. The van der Waals surface area contributed by atoms with Gasteiger partial charge in [-0.2, -0.15) is 8.78 Å². The second-order valence-corrected chi connectivity index (χ2v) is 4.81. The van der Waals surface area contributed by atoms with E-state index in [0.717, 1.165) is 0 Å². The van der Waals surface area contributed by atoms with Crippen molar-refractivity contribution in [1.29, 1.82) is 0 Å². The highest BCUT2D eigenvalue weighted by Gasteiger charge is 2.45. The number of hydrogen-bond donors (Lipinski definition) is 3. The summed E-state index contributed by atoms with van der Waals surface area (Å²) in [5.74, 6) is -5.68. The van der Waals surface area contributed by atoms with Gasteiger partial charge in [-0.15, -0.1) is 0 Å². The van der Waals surface area contributed by atoms with Crippen molar-refractivity contribution in [2.24, 2.45) is 16.3 Å². The van der Waals surface area contributed by atoms with Crippen LogP contribution in [0.1, 0.15) is 39.5 Å². The minimum atomic E-state index is -4.33. The third-order valence-corrected chi connectivity index (χ3v) is 3.19. The summed E-state index contributed by atoms with van der Waals surface area (Å²) in [5, 5.41) is 13.4. The largest absolute Gasteiger partial charge is 0.409 e. The van der Waals surface area contributed by atoms with E-state index in [1.807, 2.05) is 0 Å². The molecule has 21 heavy (non-hydrogen) atoms. The van der Waals surface area contributed by atoms with Gasteiger partial charge in [0.15, 0.2) is 5.84 Å². The van der Waals surface area contributed by atoms with Crippen molar-refractivity contribution in [2.75, 3.05) is 6.54 Å². The zero-order valence-corrected chi connectivity index (χ0v) is 12.0. The number of amides is 1. The summed E-state index contributed by atoms with van der Waals surface area (Å²) in [4.78, 5) is 12.2. The van der Waals surface area contributed by atoms with Crippen LogP contribution in [0.2, 0.25) is 0 Å². The minimum absolute atomic E-state index is 0.156. The lowest BCUT2D eigenvalue weighted by Gasteiger charge is -2.31. The third-order valence-electron chi connectivity index (χ3n) is 3.19. The van der Waals surface area contributed by atoms with Gasteiger partial charge in [-0.3, -0.25) is 4.79 Å². The van der Waals surface area contributed by atoms with Gasteiger partial charge in [0.2, 0.25) is 5.91 Å². The summed E-state index contributed by atoms with van der Waals surface area (Å²) in [7, 11) is 0. The van der Waals surface area contributed by atoms with Crippen LogP contribution in [0.3, 0.4) is 0 Å². The molecule has 9 heteroatoms. The van der Waals surface area contributed by atoms with Crippen LogP contribution in [0.4, 0.5) is 17.6 Å². The number of alkyl halides is 4. The Hall–Kier alpha value is -1.54. The fourth-order valence-corrected chi connectivity index (χ4v) is 2.12. The van der Waals surface area contributed by atoms with Crippen LogP contribution < -0.4 is 11.1 Å². The maximum absolute atomic E-state index is 12.9. The monoisotopic (exact) mass is 315 g/mol. The second kappa shape index (κ2) is 8.04. The van der Waals surface area contributed by atoms with Crippen molar-refractivity contribution >= 4 is 11.7 Å². The number of amidine groups is 1. The molecule has 0 radical (unpaired) electrons. The molecule has 0 atom stereocenters. The summed E-state index contributed by atoms with van der Waals surface area (Å²) < 4.78 is 49.9. The molecule has 0 spiro atoms. The number of oxime groups is 1. The lowest BCUT2D eigenvalue weighted by molar-refractivity contribution is -0.141. The number of nitrogens with two attached hydrogens (primary N) is 1. The highest BCUT2D eigenvalue weighted by Crippen LogP contribution is 2.31. The van der Waals surface area contributed by atoms with Crippen molar-refractivity contribution in [3.05, 3.63) is 0 Å². The zero-order valence-electron chi connectivity index (χ0n) is 12.0. The molecule has 124 valence electrons. The van der Waals surface area contributed by atoms with Gasteiger partial charge in [-0.25, -0.2) is 8.78 Å². The molecular formula is C12H21F4N3O2. The number of hydrogen-bond acceptors (Lipinski definition) is 3. The van der Waals surface area contributed by atoms with Crippen LogP contribution in [0.25, 0.3) is 0 Å². The van der Waals surface area contributed by atoms with Gasteiger partial charge >= 0.3 is 12.3 Å². The molecule has 0 aliphatic carbocycles. The molecule has 0 bridgehead atoms. The first kappa shape index (κ1) is 19.5. The van der Waals surface area contributed by atoms with E-state index < -0.39 is 36.1 Å². The lowest BCUT2D eigenvalue weighted by Crippen LogP contribution is -2.53. The predicted molar refractivity (Wildman–Crippen MR) is 69.6 cm³/mol. The molecule has 0 heterocycles. The lowest BCUT2D eigenvalue weighted by atomic mass is 9.77. The molecule has 0 aromatic carbocycles. The van der Waals surface area contributed by atoms with E-state index in [-0.39, 0.29) is 12.8 Å². The molecule has 0 rings (SSSR count). The molecule has 0 aromatic rings. The Labute approximate surface area is 120 Å². The van der Waals surface area contributed by atoms with Gasteiger partial charge in [0, 0.05) is 0 Å². The van der Waals surface area contributed by atoms with Gasteiger partial charge in [-0.1, -0.05) is 31.8 Å². The topological polar surface area (TPSA) is 87.7 Å². The molecule has 0 aliphatic heterocycles. The molecular weight excluding hydrogens is 294 g/mol. The average molecular weight is 315 g/mol. The number of halogens is 4. The Kier molecular flexibility index (Phi) is 7.45. The number of carbonyl (C=O) groups excluding carboxylic acids is 1. The number of nitrogens with one attached hydrogen (secondary N) is 1. The number of rotatable bonds is 9. The molecule has 0 saturated carbocycles. The molecule has 1 amide bonds. The van der Waals surface area contributed by atoms with Crippen LogP contribution in [0.5, 0.6) is 0 Å². The highest BCUT2D eigenvalue weighted by atomic mass is 19.3. The van der Waals surface area contributed by atoms with Crippen molar-refractivity contribution in [3.63, 3.8) is 0 Å². The standard InChI is InChI=1S/C12H21F4N3O2/c1-3-5-11(6-4-2,9(17)19-21)10(20)18-7-12(15,16)8(13)14/h8,21H,3-7H2,1-2H3,(H2,17,19)(H,18,20). The third kappa shape index (κ3) is 4.75. The van der Waals surface area contributed by atoms with Crippen LogP contribution in [-0.4, -0.2) is 35.8 Å². The van der Waals surface area contributed by atoms with E-state index in [1.54, 1.807) is 19.2 Å². The van der Waals surface area contributed by atoms with Crippen molar-refractivity contribution in [3.8, 4) is 0 Å². The minimum Gasteiger partial charge on any atom is -0.409 e. The number of nitrogens with zero attached hydrogens (tertiary/aromatic N) is 1. The highest BCUT2D eigenvalue weighted by molar-refractivity contribution is 6.06. The predicted octanol–water partition coefficient (Wildman–Crippen LogP) is 2.34. The fourth-order valence-electron chi connectivity index (χ4n) is 2.12. The Morgan fingerprint density at radius 1 is 1.29 bits per heavy atom. The molecule has 0 aliphatic rings. The summed E-state index contributed by atoms with van der Waals surface area (Å²) >= 11 is 0. The molecule has 0 aromatic heterocycles. The Morgan fingerprint density at radius 2 is 1.76 bits per heavy atom. The Bertz CT molecular complexity index is 370. The molecule has 0 saturated heterocycles. The first-order valence-corrected chi connectivity index (χ1v) is 6.60. The average Bonchev–Trinajstić information content (AvgIpc) is 2.43. The number of carbonyl (C=O) groups is 1. The first-order chi connectivity index (χ1) is 9.67. The Morgan fingerprint density at radius 3 is 2.10 bits per heavy atom. The smallest absolute Gasteiger partial charge is 0.324 e. The zero-order chi connectivity index (χ0) is 16.7. The SMILES string of the molecule is CCCC(CCC)(C(=O)NCC(F)(F)C(F)F)C(N)=NO. The maximum atomic E-state index is 12.9. The maximum Gasteiger partial charge on any atom is 0.324 e. The summed E-state index contributed by atoms with van der Waals surface area (Å²) in [6.45, 7) is 1.96. The van der Waals surface area contributed by atoms with Crippen LogP contribution in [-0.2, 0) is 4.79 Å². The van der Waals surface area contributed by atoms with E-state index in [1.165, 1.54) is 0 Å². The van der Waals surface area contributed by atoms with E-state index in [2.05, 4.69) is 5.16 Å². The van der Waals surface area contributed by atoms with Crippen LogP contribution >= 0.6 is 0 Å². The normalized spacial score (nSPS) is 13.6. The van der Waals surface area contributed by atoms with Crippen LogP contribution in [0.15, 0.2) is 5.16 Å². The fraction of sp³-hybridized carbons (Fsp3) is 0.833. The van der Waals surface area contributed by atoms with Crippen molar-refractivity contribution < 1.29 is 27.6 Å². The van der Waals surface area contributed by atoms with Crippen molar-refractivity contribution in [2.45, 2.75) is 51.9 Å². The van der Waals surface area contributed by atoms with Crippen molar-refractivity contribution in [1.82, 2.24) is 5.32 Å². The van der Waals surface area contributed by atoms with E-state index in [4.69, 9.17) is 10.9 Å². The van der Waals surface area contributed by atoms with Gasteiger partial charge < -0.3 is 16.3 Å². The van der Waals surface area contributed by atoms with Gasteiger partial charge in [0.05, 0.1) is 6.54 Å². The summed E-state index contributed by atoms with van der Waals surface area (Å²) in [6, 6.07) is 0. The molecule has 0 fully saturated rings. The summed E-state index contributed by atoms with van der Waals surface area (Å²) in [5.41, 5.74) is 4.05. The van der Waals surface area contributed by atoms with E-state index in [9.17, 15) is 22.4 Å².